The van der Waals surface area contributed by atoms with Gasteiger partial charge in [0.25, 0.3) is 0 Å². The zero-order valence-corrected chi connectivity index (χ0v) is 11.4. The Kier molecular flexibility index (Phi) is 3.43. The second kappa shape index (κ2) is 4.56. The van der Waals surface area contributed by atoms with Crippen LogP contribution >= 0.6 is 15.9 Å². The number of benzene rings is 1. The molecule has 1 nitrogen and oxygen atoms in total. The van der Waals surface area contributed by atoms with E-state index in [0.717, 1.165) is 10.9 Å². The highest BCUT2D eigenvalue weighted by molar-refractivity contribution is 9.09. The average Bonchev–Trinajstić information content (AvgIpc) is 2.80. The minimum absolute atomic E-state index is 0.144. The van der Waals surface area contributed by atoms with Gasteiger partial charge in [0.05, 0.1) is 0 Å². The minimum Gasteiger partial charge on any atom is -0.435 e. The van der Waals surface area contributed by atoms with Crippen LogP contribution in [-0.2, 0) is 0 Å². The quantitative estimate of drug-likeness (QED) is 0.748. The van der Waals surface area contributed by atoms with Crippen molar-refractivity contribution >= 4 is 15.9 Å². The summed E-state index contributed by atoms with van der Waals surface area (Å²) in [5, 5.41) is 0.883. The van der Waals surface area contributed by atoms with Crippen LogP contribution in [0.5, 0.6) is 5.75 Å². The Morgan fingerprint density at radius 2 is 2.00 bits per heavy atom. The van der Waals surface area contributed by atoms with Crippen molar-refractivity contribution in [3.8, 4) is 5.75 Å². The molecule has 0 spiro atoms. The standard InChI is InChI=1S/C13H15BrF2O/c1-13(2)9(7-14)11(13)8-5-3-4-6-10(8)17-12(15)16/h3-6,9,11-12H,7H2,1-2H3. The van der Waals surface area contributed by atoms with Crippen LogP contribution in [-0.4, -0.2) is 11.9 Å². The van der Waals surface area contributed by atoms with Gasteiger partial charge in [0.1, 0.15) is 5.75 Å². The first-order valence-corrected chi connectivity index (χ1v) is 6.70. The normalized spacial score (nSPS) is 26.0. The van der Waals surface area contributed by atoms with E-state index in [1.807, 2.05) is 12.1 Å². The molecule has 0 bridgehead atoms. The maximum atomic E-state index is 12.3. The number of rotatable bonds is 4. The van der Waals surface area contributed by atoms with Crippen molar-refractivity contribution in [1.29, 1.82) is 0 Å². The Labute approximate surface area is 108 Å². The van der Waals surface area contributed by atoms with Gasteiger partial charge in [-0.3, -0.25) is 0 Å². The molecule has 94 valence electrons. The molecule has 2 rings (SSSR count). The minimum atomic E-state index is -2.76. The van der Waals surface area contributed by atoms with Crippen LogP contribution in [0.15, 0.2) is 24.3 Å². The van der Waals surface area contributed by atoms with Crippen LogP contribution < -0.4 is 4.74 Å². The first-order chi connectivity index (χ1) is 7.98. The Balaban J connectivity index is 2.28. The molecular formula is C13H15BrF2O. The van der Waals surface area contributed by atoms with Gasteiger partial charge in [0.2, 0.25) is 0 Å². The number of alkyl halides is 3. The fourth-order valence-electron chi connectivity index (χ4n) is 2.59. The molecule has 17 heavy (non-hydrogen) atoms. The van der Waals surface area contributed by atoms with Crippen LogP contribution in [0.3, 0.4) is 0 Å². The summed E-state index contributed by atoms with van der Waals surface area (Å²) >= 11 is 3.48. The predicted molar refractivity (Wildman–Crippen MR) is 66.9 cm³/mol. The third kappa shape index (κ3) is 2.32. The largest absolute Gasteiger partial charge is 0.435 e. The molecule has 0 aromatic heterocycles. The number of halogens is 3. The van der Waals surface area contributed by atoms with Gasteiger partial charge >= 0.3 is 6.61 Å². The Bertz CT molecular complexity index is 406. The maximum absolute atomic E-state index is 12.3. The van der Waals surface area contributed by atoms with E-state index in [9.17, 15) is 8.78 Å². The number of hydrogen-bond acceptors (Lipinski definition) is 1. The van der Waals surface area contributed by atoms with Crippen molar-refractivity contribution in [3.05, 3.63) is 29.8 Å². The number of ether oxygens (including phenoxy) is 1. The van der Waals surface area contributed by atoms with Gasteiger partial charge in [-0.2, -0.15) is 8.78 Å². The molecule has 0 aliphatic heterocycles. The van der Waals surface area contributed by atoms with E-state index in [0.29, 0.717) is 11.7 Å². The van der Waals surface area contributed by atoms with Crippen molar-refractivity contribution < 1.29 is 13.5 Å². The molecule has 2 unspecified atom stereocenters. The summed E-state index contributed by atoms with van der Waals surface area (Å²) in [6.07, 6.45) is 0. The second-order valence-electron chi connectivity index (χ2n) is 4.98. The Morgan fingerprint density at radius 1 is 1.35 bits per heavy atom. The first-order valence-electron chi connectivity index (χ1n) is 5.58. The van der Waals surface area contributed by atoms with Crippen molar-refractivity contribution in [2.45, 2.75) is 26.4 Å². The summed E-state index contributed by atoms with van der Waals surface area (Å²) in [7, 11) is 0. The monoisotopic (exact) mass is 304 g/mol. The van der Waals surface area contributed by atoms with E-state index in [4.69, 9.17) is 0 Å². The van der Waals surface area contributed by atoms with Gasteiger partial charge in [0.15, 0.2) is 0 Å². The molecule has 1 aromatic rings. The molecular weight excluding hydrogens is 290 g/mol. The van der Waals surface area contributed by atoms with Crippen molar-refractivity contribution in [2.75, 3.05) is 5.33 Å². The van der Waals surface area contributed by atoms with E-state index in [2.05, 4.69) is 34.5 Å². The smallest absolute Gasteiger partial charge is 0.387 e. The molecule has 1 fully saturated rings. The van der Waals surface area contributed by atoms with Crippen LogP contribution in [0.2, 0.25) is 0 Å². The summed E-state index contributed by atoms with van der Waals surface area (Å²) in [6.45, 7) is 1.55. The zero-order valence-electron chi connectivity index (χ0n) is 9.79. The van der Waals surface area contributed by atoms with E-state index in [1.165, 1.54) is 0 Å². The second-order valence-corrected chi connectivity index (χ2v) is 5.62. The Hall–Kier alpha value is -0.640. The summed E-state index contributed by atoms with van der Waals surface area (Å²) in [5.41, 5.74) is 1.03. The summed E-state index contributed by atoms with van der Waals surface area (Å²) in [4.78, 5) is 0. The van der Waals surface area contributed by atoms with Gasteiger partial charge < -0.3 is 4.74 Å². The van der Waals surface area contributed by atoms with E-state index in [-0.39, 0.29) is 11.3 Å². The van der Waals surface area contributed by atoms with Gasteiger partial charge in [-0.1, -0.05) is 48.0 Å². The molecule has 0 heterocycles. The molecule has 2 atom stereocenters. The third-order valence-electron chi connectivity index (χ3n) is 3.69. The van der Waals surface area contributed by atoms with Gasteiger partial charge in [-0.25, -0.2) is 0 Å². The van der Waals surface area contributed by atoms with Crippen LogP contribution in [0, 0.1) is 11.3 Å². The lowest BCUT2D eigenvalue weighted by Gasteiger charge is -2.11. The molecule has 4 heteroatoms. The maximum Gasteiger partial charge on any atom is 0.387 e. The summed E-state index contributed by atoms with van der Waals surface area (Å²) in [5.74, 6) is 1.07. The van der Waals surface area contributed by atoms with E-state index < -0.39 is 6.61 Å². The van der Waals surface area contributed by atoms with Crippen molar-refractivity contribution in [2.24, 2.45) is 11.3 Å². The van der Waals surface area contributed by atoms with Gasteiger partial charge in [-0.05, 0) is 28.9 Å². The lowest BCUT2D eigenvalue weighted by molar-refractivity contribution is -0.0505. The molecule has 0 saturated heterocycles. The number of para-hydroxylation sites is 1. The van der Waals surface area contributed by atoms with Crippen molar-refractivity contribution in [3.63, 3.8) is 0 Å². The lowest BCUT2D eigenvalue weighted by Crippen LogP contribution is -2.04. The topological polar surface area (TPSA) is 9.23 Å². The summed E-state index contributed by atoms with van der Waals surface area (Å²) < 4.78 is 29.2. The highest BCUT2D eigenvalue weighted by Crippen LogP contribution is 2.66. The van der Waals surface area contributed by atoms with Crippen LogP contribution in [0.4, 0.5) is 8.78 Å². The Morgan fingerprint density at radius 3 is 2.53 bits per heavy atom. The summed E-state index contributed by atoms with van der Waals surface area (Å²) in [6, 6.07) is 7.08. The molecule has 0 amide bonds. The fraction of sp³-hybridized carbons (Fsp3) is 0.538. The van der Waals surface area contributed by atoms with Crippen LogP contribution in [0.1, 0.15) is 25.3 Å². The molecule has 1 aliphatic carbocycles. The SMILES string of the molecule is CC1(C)C(CBr)C1c1ccccc1OC(F)F. The average molecular weight is 305 g/mol. The van der Waals surface area contributed by atoms with Crippen molar-refractivity contribution in [1.82, 2.24) is 0 Å². The van der Waals surface area contributed by atoms with E-state index >= 15 is 0 Å². The molecule has 0 N–H and O–H groups in total. The molecule has 1 aromatic carbocycles. The van der Waals surface area contributed by atoms with Gasteiger partial charge in [0, 0.05) is 5.33 Å². The molecule has 0 radical (unpaired) electrons. The zero-order chi connectivity index (χ0) is 12.6. The fourth-order valence-corrected chi connectivity index (χ4v) is 3.80. The van der Waals surface area contributed by atoms with E-state index in [1.54, 1.807) is 12.1 Å². The molecule has 1 saturated carbocycles. The predicted octanol–water partition coefficient (Wildman–Crippen LogP) is 4.42. The highest BCUT2D eigenvalue weighted by Gasteiger charge is 2.58. The molecule has 1 aliphatic rings. The van der Waals surface area contributed by atoms with Crippen LogP contribution in [0.25, 0.3) is 0 Å². The lowest BCUT2D eigenvalue weighted by atomic mass is 10.0. The third-order valence-corrected chi connectivity index (χ3v) is 4.38. The first kappa shape index (κ1) is 12.8. The number of hydrogen-bond donors (Lipinski definition) is 0. The highest BCUT2D eigenvalue weighted by atomic mass is 79.9. The van der Waals surface area contributed by atoms with Gasteiger partial charge in [-0.15, -0.1) is 0 Å².